The molecule has 9 heteroatoms. The van der Waals surface area contributed by atoms with Gasteiger partial charge in [-0.2, -0.15) is 0 Å². The molecule has 0 radical (unpaired) electrons. The third-order valence-corrected chi connectivity index (χ3v) is 10.4. The van der Waals surface area contributed by atoms with Gasteiger partial charge in [0, 0.05) is 18.0 Å². The first-order chi connectivity index (χ1) is 18.6. The van der Waals surface area contributed by atoms with E-state index in [9.17, 15) is 18.3 Å². The molecule has 1 heterocycles. The van der Waals surface area contributed by atoms with Crippen LogP contribution in [-0.2, 0) is 20.4 Å². The Morgan fingerprint density at radius 1 is 1.10 bits per heavy atom. The number of carbonyl (C=O) groups excluding carboxylic acids is 1. The monoisotopic (exact) mass is 557 g/mol. The predicted octanol–water partition coefficient (Wildman–Crippen LogP) is 3.80. The van der Waals surface area contributed by atoms with E-state index in [0.29, 0.717) is 38.2 Å². The van der Waals surface area contributed by atoms with E-state index in [4.69, 9.17) is 4.74 Å². The molecule has 0 unspecified atom stereocenters. The maximum absolute atomic E-state index is 13.6. The highest BCUT2D eigenvalue weighted by atomic mass is 32.2. The normalized spacial score (nSPS) is 20.7. The molecule has 2 aromatic carbocycles. The zero-order valence-electron chi connectivity index (χ0n) is 23.4. The summed E-state index contributed by atoms with van der Waals surface area (Å²) in [6.07, 6.45) is 5.11. The SMILES string of the molecule is CCC1(C(=O)N[C@@](C)(c2ccccc2)[C@H](O)CN2CCC(NS(=O)(=O)c3ccc(OC)cc3)CC2)CCCC1. The van der Waals surface area contributed by atoms with Crippen molar-refractivity contribution in [2.75, 3.05) is 26.7 Å². The molecule has 1 saturated carbocycles. The van der Waals surface area contributed by atoms with Crippen molar-refractivity contribution in [2.24, 2.45) is 5.41 Å². The van der Waals surface area contributed by atoms with Gasteiger partial charge in [0.15, 0.2) is 0 Å². The van der Waals surface area contributed by atoms with Crippen LogP contribution in [0.4, 0.5) is 0 Å². The van der Waals surface area contributed by atoms with Crippen LogP contribution in [0.2, 0.25) is 0 Å². The molecule has 4 rings (SSSR count). The number of piperidine rings is 1. The second-order valence-corrected chi connectivity index (χ2v) is 13.0. The summed E-state index contributed by atoms with van der Waals surface area (Å²) >= 11 is 0. The van der Waals surface area contributed by atoms with Gasteiger partial charge >= 0.3 is 0 Å². The molecule has 1 aliphatic heterocycles. The van der Waals surface area contributed by atoms with Crippen molar-refractivity contribution in [2.45, 2.75) is 81.4 Å². The number of sulfonamides is 1. The van der Waals surface area contributed by atoms with Crippen LogP contribution < -0.4 is 14.8 Å². The molecule has 0 bridgehead atoms. The van der Waals surface area contributed by atoms with E-state index in [1.807, 2.05) is 37.3 Å². The smallest absolute Gasteiger partial charge is 0.240 e. The number of amides is 1. The summed E-state index contributed by atoms with van der Waals surface area (Å²) in [5.41, 5.74) is -0.442. The number of β-amino-alcohol motifs (C(OH)–C–C–N with tert-alkyl or cyclic N) is 1. The van der Waals surface area contributed by atoms with Gasteiger partial charge in [0.05, 0.1) is 23.6 Å². The van der Waals surface area contributed by atoms with Crippen molar-refractivity contribution in [1.82, 2.24) is 14.9 Å². The lowest BCUT2D eigenvalue weighted by atomic mass is 9.79. The van der Waals surface area contributed by atoms with Crippen molar-refractivity contribution in [3.8, 4) is 5.75 Å². The van der Waals surface area contributed by atoms with E-state index in [0.717, 1.165) is 37.7 Å². The highest BCUT2D eigenvalue weighted by molar-refractivity contribution is 7.89. The lowest BCUT2D eigenvalue weighted by molar-refractivity contribution is -0.135. The zero-order chi connectivity index (χ0) is 28.1. The van der Waals surface area contributed by atoms with E-state index >= 15 is 0 Å². The Morgan fingerprint density at radius 2 is 1.72 bits per heavy atom. The van der Waals surface area contributed by atoms with E-state index in [2.05, 4.69) is 21.9 Å². The molecule has 1 aliphatic carbocycles. The molecule has 3 N–H and O–H groups in total. The summed E-state index contributed by atoms with van der Waals surface area (Å²) in [7, 11) is -2.09. The molecule has 2 aromatic rings. The number of nitrogens with one attached hydrogen (secondary N) is 2. The Kier molecular flexibility index (Phi) is 9.37. The maximum Gasteiger partial charge on any atom is 0.240 e. The molecule has 0 aromatic heterocycles. The first kappa shape index (κ1) is 29.5. The zero-order valence-corrected chi connectivity index (χ0v) is 24.2. The van der Waals surface area contributed by atoms with Gasteiger partial charge in [-0.3, -0.25) is 4.79 Å². The first-order valence-electron chi connectivity index (χ1n) is 14.1. The van der Waals surface area contributed by atoms with Gasteiger partial charge in [-0.25, -0.2) is 13.1 Å². The fraction of sp³-hybridized carbons (Fsp3) is 0.567. The van der Waals surface area contributed by atoms with Gasteiger partial charge in [-0.05, 0) is 81.9 Å². The van der Waals surface area contributed by atoms with Crippen molar-refractivity contribution in [3.63, 3.8) is 0 Å². The van der Waals surface area contributed by atoms with Crippen molar-refractivity contribution < 1.29 is 23.1 Å². The minimum absolute atomic E-state index is 0.0274. The summed E-state index contributed by atoms with van der Waals surface area (Å²) in [6, 6.07) is 15.9. The Balaban J connectivity index is 1.40. The predicted molar refractivity (Wildman–Crippen MR) is 152 cm³/mol. The number of aliphatic hydroxyl groups excluding tert-OH is 1. The molecule has 214 valence electrons. The minimum Gasteiger partial charge on any atom is -0.497 e. The molecule has 2 aliphatic rings. The van der Waals surface area contributed by atoms with Gasteiger partial charge in [0.1, 0.15) is 5.75 Å². The molecule has 2 atom stereocenters. The Labute approximate surface area is 233 Å². The number of ether oxygens (including phenoxy) is 1. The number of benzene rings is 2. The van der Waals surface area contributed by atoms with E-state index in [1.54, 1.807) is 31.4 Å². The van der Waals surface area contributed by atoms with Crippen LogP contribution in [-0.4, -0.2) is 63.2 Å². The number of aliphatic hydroxyl groups is 1. The molecule has 1 saturated heterocycles. The third-order valence-electron chi connectivity index (χ3n) is 8.84. The Bertz CT molecular complexity index is 1190. The first-order valence-corrected chi connectivity index (χ1v) is 15.6. The summed E-state index contributed by atoms with van der Waals surface area (Å²) in [5, 5.41) is 14.9. The molecular weight excluding hydrogens is 514 g/mol. The largest absolute Gasteiger partial charge is 0.497 e. The summed E-state index contributed by atoms with van der Waals surface area (Å²) in [5.74, 6) is 0.632. The molecule has 2 fully saturated rings. The van der Waals surface area contributed by atoms with Gasteiger partial charge < -0.3 is 20.1 Å². The van der Waals surface area contributed by atoms with Gasteiger partial charge in [0.25, 0.3) is 0 Å². The minimum atomic E-state index is -3.64. The lowest BCUT2D eigenvalue weighted by Gasteiger charge is -2.42. The van der Waals surface area contributed by atoms with Crippen molar-refractivity contribution in [1.29, 1.82) is 0 Å². The number of hydrogen-bond donors (Lipinski definition) is 3. The van der Waals surface area contributed by atoms with Crippen LogP contribution >= 0.6 is 0 Å². The molecule has 39 heavy (non-hydrogen) atoms. The fourth-order valence-corrected chi connectivity index (χ4v) is 7.30. The molecular formula is C30H43N3O5S. The average Bonchev–Trinajstić information content (AvgIpc) is 3.45. The van der Waals surface area contributed by atoms with Crippen LogP contribution in [0, 0.1) is 5.41 Å². The lowest BCUT2D eigenvalue weighted by Crippen LogP contribution is -2.59. The maximum atomic E-state index is 13.6. The van der Waals surface area contributed by atoms with Crippen molar-refractivity contribution >= 4 is 15.9 Å². The number of nitrogens with zero attached hydrogens (tertiary/aromatic N) is 1. The quantitative estimate of drug-likeness (QED) is 0.388. The van der Waals surface area contributed by atoms with Gasteiger partial charge in [-0.1, -0.05) is 50.1 Å². The van der Waals surface area contributed by atoms with Crippen LogP contribution in [0.3, 0.4) is 0 Å². The molecule has 8 nitrogen and oxygen atoms in total. The second kappa shape index (κ2) is 12.4. The summed E-state index contributed by atoms with van der Waals surface area (Å²) < 4.78 is 33.7. The van der Waals surface area contributed by atoms with Gasteiger partial charge in [-0.15, -0.1) is 0 Å². The highest BCUT2D eigenvalue weighted by Crippen LogP contribution is 2.42. The molecule has 0 spiro atoms. The van der Waals surface area contributed by atoms with E-state index < -0.39 is 21.7 Å². The average molecular weight is 558 g/mol. The summed E-state index contributed by atoms with van der Waals surface area (Å²) in [4.78, 5) is 16.0. The van der Waals surface area contributed by atoms with E-state index in [1.165, 1.54) is 0 Å². The van der Waals surface area contributed by atoms with E-state index in [-0.39, 0.29) is 22.3 Å². The molecule has 1 amide bonds. The van der Waals surface area contributed by atoms with Crippen LogP contribution in [0.15, 0.2) is 59.5 Å². The van der Waals surface area contributed by atoms with Crippen LogP contribution in [0.25, 0.3) is 0 Å². The van der Waals surface area contributed by atoms with Crippen LogP contribution in [0.5, 0.6) is 5.75 Å². The fourth-order valence-electron chi connectivity index (χ4n) is 6.00. The number of rotatable bonds is 11. The van der Waals surface area contributed by atoms with Crippen LogP contribution in [0.1, 0.15) is 64.4 Å². The van der Waals surface area contributed by atoms with Gasteiger partial charge in [0.2, 0.25) is 15.9 Å². The van der Waals surface area contributed by atoms with Crippen molar-refractivity contribution in [3.05, 3.63) is 60.2 Å². The highest BCUT2D eigenvalue weighted by Gasteiger charge is 2.45. The number of likely N-dealkylation sites (tertiary alicyclic amines) is 1. The third kappa shape index (κ3) is 6.65. The summed E-state index contributed by atoms with van der Waals surface area (Å²) in [6.45, 7) is 5.66. The Hall–Kier alpha value is -2.46. The standard InChI is InChI=1S/C30H43N3O5S/c1-4-30(18-8-9-19-30)28(35)31-29(2,23-10-6-5-7-11-23)27(34)22-33-20-16-24(17-21-33)32-39(36,37)26-14-12-25(38-3)13-15-26/h5-7,10-15,24,27,32,34H,4,8-9,16-22H2,1-3H3,(H,31,35)/t27-,29+/m1/s1. The Morgan fingerprint density at radius 3 is 2.28 bits per heavy atom. The number of methoxy groups -OCH3 is 1. The number of carbonyl (C=O) groups is 1. The number of hydrogen-bond acceptors (Lipinski definition) is 6. The second-order valence-electron chi connectivity index (χ2n) is 11.3. The topological polar surface area (TPSA) is 108 Å².